The summed E-state index contributed by atoms with van der Waals surface area (Å²) in [6.07, 6.45) is 0. The maximum Gasteiger partial charge on any atom is 0.195 e. The summed E-state index contributed by atoms with van der Waals surface area (Å²) in [6, 6.07) is 14.6. The first-order valence-corrected chi connectivity index (χ1v) is 6.82. The van der Waals surface area contributed by atoms with E-state index < -0.39 is 0 Å². The van der Waals surface area contributed by atoms with Crippen LogP contribution in [0.2, 0.25) is 5.02 Å². The summed E-state index contributed by atoms with van der Waals surface area (Å²) >= 11 is 6.11. The molecule has 0 bridgehead atoms. The second-order valence-corrected chi connectivity index (χ2v) is 4.92. The van der Waals surface area contributed by atoms with Crippen molar-refractivity contribution in [3.05, 3.63) is 70.2 Å². The Morgan fingerprint density at radius 1 is 1.05 bits per heavy atom. The summed E-state index contributed by atoms with van der Waals surface area (Å²) in [5.74, 6) is 0.698. The van der Waals surface area contributed by atoms with E-state index in [0.717, 1.165) is 24.5 Å². The van der Waals surface area contributed by atoms with Crippen molar-refractivity contribution in [3.8, 4) is 0 Å². The third-order valence-corrected chi connectivity index (χ3v) is 3.55. The zero-order chi connectivity index (χ0) is 13.9. The molecular weight excluding hydrogens is 307 g/mol. The Labute approximate surface area is 134 Å². The minimum absolute atomic E-state index is 0. The fourth-order valence-electron chi connectivity index (χ4n) is 2.26. The van der Waals surface area contributed by atoms with E-state index in [2.05, 4.69) is 10.3 Å². The van der Waals surface area contributed by atoms with Crippen molar-refractivity contribution in [1.29, 1.82) is 0 Å². The summed E-state index contributed by atoms with van der Waals surface area (Å²) in [7, 11) is 0. The van der Waals surface area contributed by atoms with Crippen molar-refractivity contribution in [2.24, 2.45) is 4.99 Å². The van der Waals surface area contributed by atoms with Crippen LogP contribution in [0, 0.1) is 0 Å². The van der Waals surface area contributed by atoms with Crippen molar-refractivity contribution in [1.82, 2.24) is 5.32 Å². The molecule has 0 spiro atoms. The lowest BCUT2D eigenvalue weighted by Crippen LogP contribution is -2.22. The van der Waals surface area contributed by atoms with Gasteiger partial charge in [0.25, 0.3) is 0 Å². The van der Waals surface area contributed by atoms with Crippen LogP contribution >= 0.6 is 24.0 Å². The molecule has 0 radical (unpaired) electrons. The molecule has 0 saturated heterocycles. The van der Waals surface area contributed by atoms with Gasteiger partial charge in [-0.3, -0.25) is 9.79 Å². The first kappa shape index (κ1) is 15.5. The number of hydrogen-bond donors (Lipinski definition) is 1. The van der Waals surface area contributed by atoms with Gasteiger partial charge in [-0.25, -0.2) is 0 Å². The van der Waals surface area contributed by atoms with Crippen LogP contribution in [0.25, 0.3) is 0 Å². The van der Waals surface area contributed by atoms with Crippen LogP contribution in [0.15, 0.2) is 53.5 Å². The molecule has 0 fully saturated rings. The minimum Gasteiger partial charge on any atom is -0.368 e. The molecule has 3 rings (SSSR count). The molecule has 2 aromatic carbocycles. The summed E-state index contributed by atoms with van der Waals surface area (Å²) < 4.78 is 0. The van der Waals surface area contributed by atoms with Crippen molar-refractivity contribution in [2.45, 2.75) is 0 Å². The lowest BCUT2D eigenvalue weighted by Gasteiger charge is -2.10. The van der Waals surface area contributed by atoms with Crippen molar-refractivity contribution in [3.63, 3.8) is 0 Å². The van der Waals surface area contributed by atoms with Gasteiger partial charge in [0.2, 0.25) is 0 Å². The minimum atomic E-state index is -0.0809. The summed E-state index contributed by atoms with van der Waals surface area (Å²) in [4.78, 5) is 17.1. The topological polar surface area (TPSA) is 41.5 Å². The van der Waals surface area contributed by atoms with Gasteiger partial charge in [0.15, 0.2) is 5.78 Å². The molecule has 0 aromatic heterocycles. The van der Waals surface area contributed by atoms with Crippen LogP contribution in [0.5, 0.6) is 0 Å². The Kier molecular flexibility index (Phi) is 4.99. The number of carbonyl (C=O) groups excluding carboxylic acids is 1. The molecule has 0 atom stereocenters. The van der Waals surface area contributed by atoms with Crippen molar-refractivity contribution < 1.29 is 4.79 Å². The number of rotatable bonds is 3. The van der Waals surface area contributed by atoms with E-state index in [1.165, 1.54) is 0 Å². The van der Waals surface area contributed by atoms with Gasteiger partial charge in [-0.1, -0.05) is 48.0 Å². The Hall–Kier alpha value is -1.84. The largest absolute Gasteiger partial charge is 0.368 e. The molecule has 0 amide bonds. The van der Waals surface area contributed by atoms with Gasteiger partial charge in [-0.05, 0) is 12.1 Å². The van der Waals surface area contributed by atoms with E-state index in [-0.39, 0.29) is 18.2 Å². The highest BCUT2D eigenvalue weighted by Gasteiger charge is 2.19. The number of amidine groups is 1. The van der Waals surface area contributed by atoms with Gasteiger partial charge in [-0.15, -0.1) is 12.4 Å². The molecule has 1 N–H and O–H groups in total. The summed E-state index contributed by atoms with van der Waals surface area (Å²) in [5, 5.41) is 3.67. The van der Waals surface area contributed by atoms with E-state index in [4.69, 9.17) is 11.6 Å². The SMILES string of the molecule is Cl.O=C(c1ccccc1Cl)c1ccccc1C1=NCCN1. The van der Waals surface area contributed by atoms with Gasteiger partial charge in [0.1, 0.15) is 5.84 Å². The highest BCUT2D eigenvalue weighted by molar-refractivity contribution is 6.35. The Morgan fingerprint density at radius 2 is 1.71 bits per heavy atom. The fourth-order valence-corrected chi connectivity index (χ4v) is 2.48. The Morgan fingerprint density at radius 3 is 2.38 bits per heavy atom. The smallest absolute Gasteiger partial charge is 0.195 e. The van der Waals surface area contributed by atoms with E-state index in [0.29, 0.717) is 16.1 Å². The van der Waals surface area contributed by atoms with E-state index in [1.807, 2.05) is 36.4 Å². The summed E-state index contributed by atoms with van der Waals surface area (Å²) in [6.45, 7) is 1.55. The molecule has 1 aliphatic heterocycles. The van der Waals surface area contributed by atoms with Crippen LogP contribution in [0.3, 0.4) is 0 Å². The maximum atomic E-state index is 12.7. The Balaban J connectivity index is 0.00000161. The molecular formula is C16H14Cl2N2O. The lowest BCUT2D eigenvalue weighted by atomic mass is 9.97. The normalized spacial score (nSPS) is 13.1. The third-order valence-electron chi connectivity index (χ3n) is 3.22. The molecule has 0 aliphatic carbocycles. The number of aliphatic imine (C=N–C) groups is 1. The van der Waals surface area contributed by atoms with E-state index >= 15 is 0 Å². The number of ketones is 1. The average Bonchev–Trinajstić information content (AvgIpc) is 3.01. The molecule has 108 valence electrons. The standard InChI is InChI=1S/C16H13ClN2O.ClH/c17-14-8-4-3-7-13(14)15(20)11-5-1-2-6-12(11)16-18-9-10-19-16;/h1-8H,9-10H2,(H,18,19);1H. The number of nitrogens with one attached hydrogen (secondary N) is 1. The number of carbonyl (C=O) groups is 1. The molecule has 1 aliphatic rings. The molecule has 0 saturated carbocycles. The molecule has 2 aromatic rings. The zero-order valence-corrected chi connectivity index (χ0v) is 12.7. The van der Waals surface area contributed by atoms with Gasteiger partial charge < -0.3 is 5.32 Å². The summed E-state index contributed by atoms with van der Waals surface area (Å²) in [5.41, 5.74) is 1.96. The van der Waals surface area contributed by atoms with Gasteiger partial charge >= 0.3 is 0 Å². The van der Waals surface area contributed by atoms with E-state index in [9.17, 15) is 4.79 Å². The van der Waals surface area contributed by atoms with Crippen LogP contribution in [0.1, 0.15) is 21.5 Å². The van der Waals surface area contributed by atoms with Gasteiger partial charge in [-0.2, -0.15) is 0 Å². The number of benzene rings is 2. The predicted octanol–water partition coefficient (Wildman–Crippen LogP) is 3.34. The first-order chi connectivity index (χ1) is 9.77. The first-order valence-electron chi connectivity index (χ1n) is 6.44. The van der Waals surface area contributed by atoms with Crippen LogP contribution < -0.4 is 5.32 Å². The highest BCUT2D eigenvalue weighted by atomic mass is 35.5. The number of nitrogens with zero attached hydrogens (tertiary/aromatic N) is 1. The van der Waals surface area contributed by atoms with Crippen molar-refractivity contribution in [2.75, 3.05) is 13.1 Å². The van der Waals surface area contributed by atoms with Crippen LogP contribution in [-0.4, -0.2) is 24.7 Å². The molecule has 21 heavy (non-hydrogen) atoms. The molecule has 1 heterocycles. The molecule has 5 heteroatoms. The quantitative estimate of drug-likeness (QED) is 0.881. The number of halogens is 2. The van der Waals surface area contributed by atoms with E-state index in [1.54, 1.807) is 12.1 Å². The van der Waals surface area contributed by atoms with Crippen LogP contribution in [0.4, 0.5) is 0 Å². The van der Waals surface area contributed by atoms with Crippen LogP contribution in [-0.2, 0) is 0 Å². The monoisotopic (exact) mass is 320 g/mol. The lowest BCUT2D eigenvalue weighted by molar-refractivity contribution is 0.103. The third kappa shape index (κ3) is 3.09. The number of hydrogen-bond acceptors (Lipinski definition) is 3. The van der Waals surface area contributed by atoms with Crippen molar-refractivity contribution >= 4 is 35.6 Å². The second-order valence-electron chi connectivity index (χ2n) is 4.51. The average molecular weight is 321 g/mol. The highest BCUT2D eigenvalue weighted by Crippen LogP contribution is 2.21. The second kappa shape index (κ2) is 6.74. The fraction of sp³-hybridized carbons (Fsp3) is 0.125. The Bertz CT molecular complexity index is 698. The zero-order valence-electron chi connectivity index (χ0n) is 11.2. The predicted molar refractivity (Wildman–Crippen MR) is 88.0 cm³/mol. The van der Waals surface area contributed by atoms with Gasteiger partial charge in [0.05, 0.1) is 11.6 Å². The van der Waals surface area contributed by atoms with Gasteiger partial charge in [0, 0.05) is 23.2 Å². The molecule has 0 unspecified atom stereocenters. The maximum absolute atomic E-state index is 12.7. The molecule has 3 nitrogen and oxygen atoms in total.